The minimum atomic E-state index is -0.509. The van der Waals surface area contributed by atoms with Gasteiger partial charge in [-0.25, -0.2) is 0 Å². The smallest absolute Gasteiger partial charge is 0.280 e. The van der Waals surface area contributed by atoms with Crippen LogP contribution in [0.2, 0.25) is 0 Å². The lowest BCUT2D eigenvalue weighted by Crippen LogP contribution is -2.26. The number of rotatable bonds is 2. The lowest BCUT2D eigenvalue weighted by atomic mass is 10.1. The summed E-state index contributed by atoms with van der Waals surface area (Å²) < 4.78 is 1.56. The van der Waals surface area contributed by atoms with Crippen molar-refractivity contribution in [3.63, 3.8) is 0 Å². The Bertz CT molecular complexity index is 1220. The maximum absolute atomic E-state index is 12.8. The minimum absolute atomic E-state index is 0.112. The number of nitrogens with zero attached hydrogens (tertiary/aromatic N) is 2. The molecular formula is C21H17N3O2. The summed E-state index contributed by atoms with van der Waals surface area (Å²) >= 11 is 0. The zero-order valence-corrected chi connectivity index (χ0v) is 14.5. The average Bonchev–Trinajstić information content (AvgIpc) is 2.65. The standard InChI is InChI=1S/C21H17N3O2/c1-13-10-11-18-16(12-13)20(25)19(23-24(18)2)21(26)22-17-9-5-7-14-6-3-4-8-15(14)17/h3-12H,1-2H3,(H,22,26). The van der Waals surface area contributed by atoms with Gasteiger partial charge in [0.05, 0.1) is 10.9 Å². The average molecular weight is 343 g/mol. The second-order valence-electron chi connectivity index (χ2n) is 6.30. The fourth-order valence-corrected chi connectivity index (χ4v) is 3.16. The first kappa shape index (κ1) is 16.0. The van der Waals surface area contributed by atoms with Crippen LogP contribution in [0.4, 0.5) is 5.69 Å². The van der Waals surface area contributed by atoms with Gasteiger partial charge in [-0.2, -0.15) is 5.10 Å². The SMILES string of the molecule is Cc1ccc2c(c1)c(=O)c(C(=O)Nc1cccc3ccccc13)nn2C. The Morgan fingerprint density at radius 1 is 1.00 bits per heavy atom. The van der Waals surface area contributed by atoms with Crippen molar-refractivity contribution in [2.45, 2.75) is 6.92 Å². The third kappa shape index (κ3) is 2.63. The molecule has 5 heteroatoms. The predicted molar refractivity (Wildman–Crippen MR) is 104 cm³/mol. The Kier molecular flexibility index (Phi) is 3.77. The molecule has 128 valence electrons. The van der Waals surface area contributed by atoms with E-state index in [1.807, 2.05) is 61.5 Å². The zero-order valence-electron chi connectivity index (χ0n) is 14.5. The number of nitrogens with one attached hydrogen (secondary N) is 1. The van der Waals surface area contributed by atoms with E-state index in [0.717, 1.165) is 16.3 Å². The van der Waals surface area contributed by atoms with Gasteiger partial charge in [-0.3, -0.25) is 14.3 Å². The fourth-order valence-electron chi connectivity index (χ4n) is 3.16. The van der Waals surface area contributed by atoms with E-state index in [2.05, 4.69) is 10.4 Å². The first-order valence-corrected chi connectivity index (χ1v) is 8.31. The molecular weight excluding hydrogens is 326 g/mol. The van der Waals surface area contributed by atoms with E-state index in [1.165, 1.54) is 0 Å². The highest BCUT2D eigenvalue weighted by Gasteiger charge is 2.17. The van der Waals surface area contributed by atoms with Gasteiger partial charge in [-0.1, -0.05) is 48.0 Å². The number of hydrogen-bond acceptors (Lipinski definition) is 3. The monoisotopic (exact) mass is 343 g/mol. The van der Waals surface area contributed by atoms with Crippen LogP contribution < -0.4 is 10.7 Å². The zero-order chi connectivity index (χ0) is 18.3. The molecule has 0 aliphatic heterocycles. The molecule has 1 N–H and O–H groups in total. The maximum Gasteiger partial charge on any atom is 0.280 e. The lowest BCUT2D eigenvalue weighted by Gasteiger charge is -2.10. The van der Waals surface area contributed by atoms with E-state index in [-0.39, 0.29) is 11.1 Å². The van der Waals surface area contributed by atoms with Gasteiger partial charge in [-0.05, 0) is 30.5 Å². The van der Waals surface area contributed by atoms with Gasteiger partial charge in [0.1, 0.15) is 0 Å². The van der Waals surface area contributed by atoms with E-state index >= 15 is 0 Å². The molecule has 0 unspecified atom stereocenters. The van der Waals surface area contributed by atoms with Crippen molar-refractivity contribution in [1.82, 2.24) is 9.78 Å². The largest absolute Gasteiger partial charge is 0.320 e. The molecule has 4 aromatic rings. The predicted octanol–water partition coefficient (Wildman–Crippen LogP) is 3.65. The molecule has 0 atom stereocenters. The van der Waals surface area contributed by atoms with Crippen molar-refractivity contribution in [2.75, 3.05) is 5.32 Å². The molecule has 0 aliphatic rings. The Morgan fingerprint density at radius 2 is 1.77 bits per heavy atom. The van der Waals surface area contributed by atoms with Crippen molar-refractivity contribution in [3.8, 4) is 0 Å². The van der Waals surface area contributed by atoms with Gasteiger partial charge in [0, 0.05) is 18.1 Å². The number of carbonyl (C=O) groups is 1. The second kappa shape index (κ2) is 6.11. The van der Waals surface area contributed by atoms with E-state index in [0.29, 0.717) is 16.6 Å². The quantitative estimate of drug-likeness (QED) is 0.604. The number of aryl methyl sites for hydroxylation is 2. The van der Waals surface area contributed by atoms with Crippen LogP contribution in [-0.4, -0.2) is 15.7 Å². The summed E-state index contributed by atoms with van der Waals surface area (Å²) in [6.45, 7) is 1.91. The Labute approximate surface area is 149 Å². The van der Waals surface area contributed by atoms with Crippen LogP contribution in [-0.2, 0) is 7.05 Å². The van der Waals surface area contributed by atoms with Gasteiger partial charge in [0.15, 0.2) is 5.69 Å². The Morgan fingerprint density at radius 3 is 2.62 bits per heavy atom. The third-order valence-corrected chi connectivity index (χ3v) is 4.46. The number of carbonyl (C=O) groups excluding carboxylic acids is 1. The summed E-state index contributed by atoms with van der Waals surface area (Å²) in [7, 11) is 1.73. The molecule has 0 saturated heterocycles. The molecule has 0 fully saturated rings. The molecule has 0 radical (unpaired) electrons. The highest BCUT2D eigenvalue weighted by Crippen LogP contribution is 2.23. The first-order chi connectivity index (χ1) is 12.5. The number of anilines is 1. The molecule has 0 saturated carbocycles. The molecule has 0 aliphatic carbocycles. The summed E-state index contributed by atoms with van der Waals surface area (Å²) in [5.41, 5.74) is 1.84. The lowest BCUT2D eigenvalue weighted by molar-refractivity contribution is 0.101. The maximum atomic E-state index is 12.8. The van der Waals surface area contributed by atoms with Gasteiger partial charge in [0.2, 0.25) is 5.43 Å². The summed E-state index contributed by atoms with van der Waals surface area (Å²) in [6.07, 6.45) is 0. The molecule has 1 heterocycles. The van der Waals surface area contributed by atoms with Crippen LogP contribution in [0.5, 0.6) is 0 Å². The molecule has 26 heavy (non-hydrogen) atoms. The molecule has 5 nitrogen and oxygen atoms in total. The number of aromatic nitrogens is 2. The highest BCUT2D eigenvalue weighted by atomic mass is 16.2. The van der Waals surface area contributed by atoms with Gasteiger partial charge < -0.3 is 5.32 Å². The van der Waals surface area contributed by atoms with E-state index in [9.17, 15) is 9.59 Å². The molecule has 0 bridgehead atoms. The van der Waals surface area contributed by atoms with Crippen molar-refractivity contribution >= 4 is 33.3 Å². The molecule has 4 rings (SSSR count). The number of fused-ring (bicyclic) bond motifs is 2. The number of hydrogen-bond donors (Lipinski definition) is 1. The van der Waals surface area contributed by atoms with Crippen LogP contribution in [0.15, 0.2) is 65.5 Å². The third-order valence-electron chi connectivity index (χ3n) is 4.46. The van der Waals surface area contributed by atoms with Crippen molar-refractivity contribution in [2.24, 2.45) is 7.05 Å². The van der Waals surface area contributed by atoms with Crippen LogP contribution >= 0.6 is 0 Å². The number of benzene rings is 3. The molecule has 0 spiro atoms. The van der Waals surface area contributed by atoms with Crippen molar-refractivity contribution in [3.05, 3.63) is 82.1 Å². The molecule has 3 aromatic carbocycles. The summed E-state index contributed by atoms with van der Waals surface area (Å²) in [4.78, 5) is 25.6. The minimum Gasteiger partial charge on any atom is -0.320 e. The van der Waals surface area contributed by atoms with E-state index < -0.39 is 5.91 Å². The van der Waals surface area contributed by atoms with Crippen LogP contribution in [0, 0.1) is 6.92 Å². The van der Waals surface area contributed by atoms with Crippen molar-refractivity contribution in [1.29, 1.82) is 0 Å². The highest BCUT2D eigenvalue weighted by molar-refractivity contribution is 6.09. The fraction of sp³-hybridized carbons (Fsp3) is 0.0952. The van der Waals surface area contributed by atoms with Crippen LogP contribution in [0.3, 0.4) is 0 Å². The van der Waals surface area contributed by atoms with Gasteiger partial charge in [-0.15, -0.1) is 0 Å². The second-order valence-corrected chi connectivity index (χ2v) is 6.30. The van der Waals surface area contributed by atoms with Gasteiger partial charge in [0.25, 0.3) is 5.91 Å². The summed E-state index contributed by atoms with van der Waals surface area (Å²) in [5.74, 6) is -0.509. The van der Waals surface area contributed by atoms with Gasteiger partial charge >= 0.3 is 0 Å². The summed E-state index contributed by atoms with van der Waals surface area (Å²) in [6, 6.07) is 19.0. The number of amides is 1. The molecule has 1 aromatic heterocycles. The first-order valence-electron chi connectivity index (χ1n) is 8.31. The van der Waals surface area contributed by atoms with Crippen LogP contribution in [0.1, 0.15) is 16.1 Å². The molecule has 1 amide bonds. The Balaban J connectivity index is 1.81. The topological polar surface area (TPSA) is 64.0 Å². The van der Waals surface area contributed by atoms with E-state index in [1.54, 1.807) is 17.8 Å². The normalized spacial score (nSPS) is 11.0. The summed E-state index contributed by atoms with van der Waals surface area (Å²) in [5, 5.41) is 9.45. The Hall–Kier alpha value is -3.47. The van der Waals surface area contributed by atoms with Crippen LogP contribution in [0.25, 0.3) is 21.7 Å². The van der Waals surface area contributed by atoms with E-state index in [4.69, 9.17) is 0 Å². The van der Waals surface area contributed by atoms with Crippen molar-refractivity contribution < 1.29 is 4.79 Å².